The van der Waals surface area contributed by atoms with Crippen molar-refractivity contribution in [3.05, 3.63) is 90.0 Å². The number of rotatable bonds is 10. The Morgan fingerprint density at radius 2 is 1.81 bits per heavy atom. The zero-order valence-electron chi connectivity index (χ0n) is 21.5. The first-order chi connectivity index (χ1) is 18.1. The maximum Gasteiger partial charge on any atom is 0.224 e. The monoisotopic (exact) mass is 491 g/mol. The minimum Gasteiger partial charge on any atom is -0.494 e. The lowest BCUT2D eigenvalue weighted by molar-refractivity contribution is -0.116. The Bertz CT molecular complexity index is 1520. The lowest BCUT2D eigenvalue weighted by Gasteiger charge is -2.09. The SMILES string of the molecule is CCCCOc1ccc(NC(=O)CCCc2c(-c3ccc4ccccc4n3)[nH]c3ccc(C)cc23)cc1. The van der Waals surface area contributed by atoms with Crippen molar-refractivity contribution >= 4 is 33.4 Å². The molecule has 0 unspecified atom stereocenters. The molecular weight excluding hydrogens is 458 g/mol. The number of aromatic amines is 1. The van der Waals surface area contributed by atoms with E-state index in [-0.39, 0.29) is 5.91 Å². The van der Waals surface area contributed by atoms with Gasteiger partial charge in [0.25, 0.3) is 0 Å². The third-order valence-electron chi connectivity index (χ3n) is 6.65. The maximum atomic E-state index is 12.7. The number of nitrogens with one attached hydrogen (secondary N) is 2. The van der Waals surface area contributed by atoms with Crippen LogP contribution in [0.25, 0.3) is 33.2 Å². The average molecular weight is 492 g/mol. The molecule has 5 aromatic rings. The Hall–Kier alpha value is -4.12. The van der Waals surface area contributed by atoms with Crippen LogP contribution in [0, 0.1) is 6.92 Å². The highest BCUT2D eigenvalue weighted by Crippen LogP contribution is 2.32. The summed E-state index contributed by atoms with van der Waals surface area (Å²) < 4.78 is 5.71. The number of unbranched alkanes of at least 4 members (excludes halogenated alkanes) is 1. The molecule has 3 aromatic carbocycles. The molecule has 0 aliphatic rings. The summed E-state index contributed by atoms with van der Waals surface area (Å²) in [6.45, 7) is 4.96. The minimum absolute atomic E-state index is 0.0149. The molecule has 0 saturated carbocycles. The summed E-state index contributed by atoms with van der Waals surface area (Å²) in [5.41, 5.74) is 7.24. The van der Waals surface area contributed by atoms with Crippen molar-refractivity contribution in [3.63, 3.8) is 0 Å². The first-order valence-corrected chi connectivity index (χ1v) is 13.1. The van der Waals surface area contributed by atoms with E-state index in [2.05, 4.69) is 60.5 Å². The Kier molecular flexibility index (Phi) is 7.50. The molecule has 0 aliphatic carbocycles. The van der Waals surface area contributed by atoms with Crippen molar-refractivity contribution in [3.8, 4) is 17.1 Å². The summed E-state index contributed by atoms with van der Waals surface area (Å²) in [5.74, 6) is 0.844. The molecule has 0 saturated heterocycles. The first kappa shape index (κ1) is 24.6. The van der Waals surface area contributed by atoms with E-state index in [1.807, 2.05) is 42.5 Å². The molecule has 0 bridgehead atoms. The van der Waals surface area contributed by atoms with Gasteiger partial charge in [-0.2, -0.15) is 0 Å². The predicted octanol–water partition coefficient (Wildman–Crippen LogP) is 7.83. The Morgan fingerprint density at radius 3 is 2.65 bits per heavy atom. The number of H-pyrrole nitrogens is 1. The normalized spacial score (nSPS) is 11.2. The fraction of sp³-hybridized carbons (Fsp3) is 0.250. The zero-order chi connectivity index (χ0) is 25.6. The molecule has 0 aliphatic heterocycles. The lowest BCUT2D eigenvalue weighted by Crippen LogP contribution is -2.11. The van der Waals surface area contributed by atoms with E-state index < -0.39 is 0 Å². The highest BCUT2D eigenvalue weighted by Gasteiger charge is 2.15. The second kappa shape index (κ2) is 11.3. The van der Waals surface area contributed by atoms with Crippen LogP contribution < -0.4 is 10.1 Å². The van der Waals surface area contributed by atoms with Gasteiger partial charge in [-0.05, 0) is 80.3 Å². The van der Waals surface area contributed by atoms with Crippen LogP contribution in [0.5, 0.6) is 5.75 Å². The van der Waals surface area contributed by atoms with Crippen molar-refractivity contribution in [1.29, 1.82) is 0 Å². The lowest BCUT2D eigenvalue weighted by atomic mass is 10.0. The van der Waals surface area contributed by atoms with Gasteiger partial charge in [0.1, 0.15) is 5.75 Å². The third-order valence-corrected chi connectivity index (χ3v) is 6.65. The number of aryl methyl sites for hydroxylation is 2. The molecule has 188 valence electrons. The fourth-order valence-corrected chi connectivity index (χ4v) is 4.66. The minimum atomic E-state index is 0.0149. The van der Waals surface area contributed by atoms with Gasteiger partial charge in [-0.15, -0.1) is 0 Å². The Labute approximate surface area is 217 Å². The number of carbonyl (C=O) groups is 1. The van der Waals surface area contributed by atoms with Crippen molar-refractivity contribution < 1.29 is 9.53 Å². The number of carbonyl (C=O) groups excluding carboxylic acids is 1. The molecule has 5 rings (SSSR count). The zero-order valence-corrected chi connectivity index (χ0v) is 21.5. The van der Waals surface area contributed by atoms with Gasteiger partial charge in [-0.1, -0.05) is 49.2 Å². The van der Waals surface area contributed by atoms with Gasteiger partial charge in [0, 0.05) is 28.4 Å². The predicted molar refractivity (Wildman–Crippen MR) is 152 cm³/mol. The number of para-hydroxylation sites is 1. The Balaban J connectivity index is 1.29. The molecule has 2 N–H and O–H groups in total. The molecule has 0 radical (unpaired) electrons. The molecule has 0 fully saturated rings. The summed E-state index contributed by atoms with van der Waals surface area (Å²) in [7, 11) is 0. The van der Waals surface area contributed by atoms with Gasteiger partial charge in [0.05, 0.1) is 23.5 Å². The van der Waals surface area contributed by atoms with Crippen LogP contribution in [0.4, 0.5) is 5.69 Å². The second-order valence-corrected chi connectivity index (χ2v) is 9.54. The number of fused-ring (bicyclic) bond motifs is 2. The van der Waals surface area contributed by atoms with Crippen molar-refractivity contribution in [2.75, 3.05) is 11.9 Å². The van der Waals surface area contributed by atoms with Gasteiger partial charge >= 0.3 is 0 Å². The van der Waals surface area contributed by atoms with Gasteiger partial charge in [0.15, 0.2) is 0 Å². The maximum absolute atomic E-state index is 12.7. The highest BCUT2D eigenvalue weighted by molar-refractivity contribution is 5.93. The van der Waals surface area contributed by atoms with Crippen LogP contribution in [0.2, 0.25) is 0 Å². The topological polar surface area (TPSA) is 67.0 Å². The molecule has 37 heavy (non-hydrogen) atoms. The molecule has 0 atom stereocenters. The van der Waals surface area contributed by atoms with Crippen LogP contribution in [0.15, 0.2) is 78.9 Å². The first-order valence-electron chi connectivity index (χ1n) is 13.1. The van der Waals surface area contributed by atoms with E-state index in [4.69, 9.17) is 9.72 Å². The van der Waals surface area contributed by atoms with Crippen molar-refractivity contribution in [2.24, 2.45) is 0 Å². The third kappa shape index (κ3) is 5.83. The summed E-state index contributed by atoms with van der Waals surface area (Å²) in [6.07, 6.45) is 4.11. The molecule has 5 nitrogen and oxygen atoms in total. The van der Waals surface area contributed by atoms with E-state index in [1.165, 1.54) is 16.5 Å². The number of nitrogens with zero attached hydrogens (tertiary/aromatic N) is 1. The van der Waals surface area contributed by atoms with Gasteiger partial charge in [-0.3, -0.25) is 4.79 Å². The van der Waals surface area contributed by atoms with E-state index in [0.29, 0.717) is 13.0 Å². The molecular formula is C32H33N3O2. The number of anilines is 1. The number of hydrogen-bond acceptors (Lipinski definition) is 3. The summed E-state index contributed by atoms with van der Waals surface area (Å²) >= 11 is 0. The molecule has 5 heteroatoms. The van der Waals surface area contributed by atoms with Crippen LogP contribution in [0.1, 0.15) is 43.7 Å². The fourth-order valence-electron chi connectivity index (χ4n) is 4.66. The average Bonchev–Trinajstić information content (AvgIpc) is 3.27. The standard InChI is InChI=1S/C32H33N3O2/c1-3-4-20-37-25-16-14-24(15-17-25)33-31(36)11-7-9-26-27-21-22(2)12-18-29(27)35-32(26)30-19-13-23-8-5-6-10-28(23)34-30/h5-6,8,10,12-19,21,35H,3-4,7,9,11,20H2,1-2H3,(H,33,36). The van der Waals surface area contributed by atoms with Crippen LogP contribution in [-0.2, 0) is 11.2 Å². The van der Waals surface area contributed by atoms with Gasteiger partial charge in [0.2, 0.25) is 5.91 Å². The number of benzene rings is 3. The number of pyridine rings is 1. The molecule has 2 aromatic heterocycles. The largest absolute Gasteiger partial charge is 0.494 e. The van der Waals surface area contributed by atoms with Crippen LogP contribution >= 0.6 is 0 Å². The molecule has 0 spiro atoms. The van der Waals surface area contributed by atoms with E-state index in [9.17, 15) is 4.79 Å². The number of hydrogen-bond donors (Lipinski definition) is 2. The van der Waals surface area contributed by atoms with Gasteiger partial charge < -0.3 is 15.0 Å². The molecule has 1 amide bonds. The smallest absolute Gasteiger partial charge is 0.224 e. The van der Waals surface area contributed by atoms with E-state index >= 15 is 0 Å². The van der Waals surface area contributed by atoms with Gasteiger partial charge in [-0.25, -0.2) is 4.98 Å². The van der Waals surface area contributed by atoms with Crippen molar-refractivity contribution in [2.45, 2.75) is 46.0 Å². The van der Waals surface area contributed by atoms with E-state index in [1.54, 1.807) is 0 Å². The van der Waals surface area contributed by atoms with E-state index in [0.717, 1.165) is 64.9 Å². The Morgan fingerprint density at radius 1 is 0.973 bits per heavy atom. The molecule has 2 heterocycles. The number of amides is 1. The summed E-state index contributed by atoms with van der Waals surface area (Å²) in [5, 5.41) is 5.33. The second-order valence-electron chi connectivity index (χ2n) is 9.54. The quantitative estimate of drug-likeness (QED) is 0.196. The summed E-state index contributed by atoms with van der Waals surface area (Å²) in [4.78, 5) is 21.2. The summed E-state index contributed by atoms with van der Waals surface area (Å²) in [6, 6.07) is 26.4. The number of aromatic nitrogens is 2. The highest BCUT2D eigenvalue weighted by atomic mass is 16.5. The van der Waals surface area contributed by atoms with Crippen LogP contribution in [-0.4, -0.2) is 22.5 Å². The van der Waals surface area contributed by atoms with Crippen molar-refractivity contribution in [1.82, 2.24) is 9.97 Å². The van der Waals surface area contributed by atoms with Crippen LogP contribution in [0.3, 0.4) is 0 Å². The number of ether oxygens (including phenoxy) is 1.